The fraction of sp³-hybridized carbons (Fsp3) is 0.227. The minimum atomic E-state index is -0.721. The lowest BCUT2D eigenvalue weighted by molar-refractivity contribution is -0.384. The zero-order valence-corrected chi connectivity index (χ0v) is 17.1. The molecule has 2 aromatic carbocycles. The second-order valence-corrected chi connectivity index (χ2v) is 6.68. The summed E-state index contributed by atoms with van der Waals surface area (Å²) in [6.07, 6.45) is 1.43. The van der Waals surface area contributed by atoms with Crippen molar-refractivity contribution in [2.75, 3.05) is 33.4 Å². The molecule has 1 saturated heterocycles. The third-order valence-electron chi connectivity index (χ3n) is 4.66. The maximum absolute atomic E-state index is 12.6. The van der Waals surface area contributed by atoms with Crippen molar-refractivity contribution in [2.45, 2.75) is 0 Å². The van der Waals surface area contributed by atoms with Crippen LogP contribution in [0.1, 0.15) is 15.9 Å². The highest BCUT2D eigenvalue weighted by molar-refractivity contribution is 6.01. The number of rotatable bonds is 6. The number of non-ortho nitro benzene ring substituents is 1. The second-order valence-electron chi connectivity index (χ2n) is 6.68. The van der Waals surface area contributed by atoms with Crippen LogP contribution in [0.2, 0.25) is 0 Å². The molecule has 1 amide bonds. The van der Waals surface area contributed by atoms with Crippen molar-refractivity contribution >= 4 is 23.6 Å². The smallest absolute Gasteiger partial charge is 0.343 e. The summed E-state index contributed by atoms with van der Waals surface area (Å²) in [6.45, 7) is 1.68. The fourth-order valence-electron chi connectivity index (χ4n) is 2.98. The van der Waals surface area contributed by atoms with Crippen molar-refractivity contribution in [3.8, 4) is 17.6 Å². The highest BCUT2D eigenvalue weighted by Gasteiger charge is 2.21. The lowest BCUT2D eigenvalue weighted by atomic mass is 10.1. The van der Waals surface area contributed by atoms with Crippen molar-refractivity contribution < 1.29 is 28.7 Å². The predicted molar refractivity (Wildman–Crippen MR) is 112 cm³/mol. The van der Waals surface area contributed by atoms with Crippen LogP contribution in [0.4, 0.5) is 5.69 Å². The molecule has 0 aromatic heterocycles. The topological polar surface area (TPSA) is 132 Å². The van der Waals surface area contributed by atoms with Gasteiger partial charge in [-0.15, -0.1) is 0 Å². The van der Waals surface area contributed by atoms with Gasteiger partial charge in [0, 0.05) is 25.2 Å². The maximum Gasteiger partial charge on any atom is 0.343 e. The Morgan fingerprint density at radius 1 is 1.16 bits per heavy atom. The summed E-state index contributed by atoms with van der Waals surface area (Å²) in [7, 11) is 1.39. The molecule has 1 aliphatic rings. The van der Waals surface area contributed by atoms with Crippen LogP contribution in [0.3, 0.4) is 0 Å². The first kappa shape index (κ1) is 22.5. The van der Waals surface area contributed by atoms with E-state index in [2.05, 4.69) is 0 Å². The average molecular weight is 437 g/mol. The van der Waals surface area contributed by atoms with E-state index in [4.69, 9.17) is 14.2 Å². The van der Waals surface area contributed by atoms with E-state index in [0.29, 0.717) is 31.9 Å². The zero-order valence-electron chi connectivity index (χ0n) is 17.1. The molecule has 32 heavy (non-hydrogen) atoms. The van der Waals surface area contributed by atoms with Crippen molar-refractivity contribution in [3.63, 3.8) is 0 Å². The van der Waals surface area contributed by atoms with E-state index < -0.39 is 10.9 Å². The molecule has 0 bridgehead atoms. The second kappa shape index (κ2) is 10.2. The van der Waals surface area contributed by atoms with Gasteiger partial charge in [-0.1, -0.05) is 6.07 Å². The molecule has 0 N–H and O–H groups in total. The number of nitrogens with zero attached hydrogens (tertiary/aromatic N) is 3. The Kier molecular flexibility index (Phi) is 7.15. The number of carbonyl (C=O) groups excluding carboxylic acids is 2. The van der Waals surface area contributed by atoms with Crippen LogP contribution in [0.5, 0.6) is 11.5 Å². The van der Waals surface area contributed by atoms with Gasteiger partial charge in [-0.2, -0.15) is 5.26 Å². The highest BCUT2D eigenvalue weighted by atomic mass is 16.6. The highest BCUT2D eigenvalue weighted by Crippen LogP contribution is 2.30. The molecular formula is C22H19N3O7. The number of nitro groups is 1. The SMILES string of the molecule is COc1cc(/C=C(\C#N)C(=O)N2CCOCC2)ccc1OC(=O)c1ccc([N+](=O)[O-])cc1. The van der Waals surface area contributed by atoms with Gasteiger partial charge in [0.1, 0.15) is 11.6 Å². The molecule has 164 valence electrons. The Balaban J connectivity index is 1.78. The lowest BCUT2D eigenvalue weighted by Gasteiger charge is -2.26. The fourth-order valence-corrected chi connectivity index (χ4v) is 2.98. The number of hydrogen-bond acceptors (Lipinski definition) is 8. The van der Waals surface area contributed by atoms with Gasteiger partial charge in [-0.3, -0.25) is 14.9 Å². The number of nitro benzene ring substituents is 1. The van der Waals surface area contributed by atoms with Gasteiger partial charge in [-0.05, 0) is 35.9 Å². The summed E-state index contributed by atoms with van der Waals surface area (Å²) in [4.78, 5) is 36.7. The van der Waals surface area contributed by atoms with Crippen LogP contribution in [0.25, 0.3) is 6.08 Å². The molecule has 10 nitrogen and oxygen atoms in total. The minimum absolute atomic E-state index is 0.0374. The molecule has 0 saturated carbocycles. The van der Waals surface area contributed by atoms with Crippen molar-refractivity contribution in [3.05, 3.63) is 69.3 Å². The van der Waals surface area contributed by atoms with E-state index in [9.17, 15) is 25.0 Å². The summed E-state index contributed by atoms with van der Waals surface area (Å²) in [6, 6.07) is 11.5. The molecular weight excluding hydrogens is 418 g/mol. The first-order valence-electron chi connectivity index (χ1n) is 9.56. The van der Waals surface area contributed by atoms with E-state index >= 15 is 0 Å². The number of ether oxygens (including phenoxy) is 3. The first-order valence-corrected chi connectivity index (χ1v) is 9.56. The standard InChI is InChI=1S/C22H19N3O7/c1-30-20-13-15(12-17(14-23)21(26)24-8-10-31-11-9-24)2-7-19(20)32-22(27)16-3-5-18(6-4-16)25(28)29/h2-7,12-13H,8-11H2,1H3/b17-12+. The molecule has 3 rings (SSSR count). The van der Waals surface area contributed by atoms with Gasteiger partial charge in [0.2, 0.25) is 0 Å². The first-order chi connectivity index (χ1) is 15.4. The molecule has 0 aliphatic carbocycles. The van der Waals surface area contributed by atoms with Crippen LogP contribution < -0.4 is 9.47 Å². The molecule has 1 heterocycles. The largest absolute Gasteiger partial charge is 0.493 e. The maximum atomic E-state index is 12.6. The van der Waals surface area contributed by atoms with Crippen LogP contribution in [0.15, 0.2) is 48.0 Å². The molecule has 1 aliphatic heterocycles. The Morgan fingerprint density at radius 3 is 2.44 bits per heavy atom. The third-order valence-corrected chi connectivity index (χ3v) is 4.66. The number of morpholine rings is 1. The Hall–Kier alpha value is -4.23. The molecule has 2 aromatic rings. The summed E-state index contributed by atoms with van der Waals surface area (Å²) in [5.41, 5.74) is 0.458. The summed E-state index contributed by atoms with van der Waals surface area (Å²) in [5, 5.41) is 20.2. The van der Waals surface area contributed by atoms with Crippen LogP contribution >= 0.6 is 0 Å². The lowest BCUT2D eigenvalue weighted by Crippen LogP contribution is -2.41. The number of hydrogen-bond donors (Lipinski definition) is 0. The number of amides is 1. The van der Waals surface area contributed by atoms with Crippen molar-refractivity contribution in [1.29, 1.82) is 5.26 Å². The average Bonchev–Trinajstić information content (AvgIpc) is 2.83. The van der Waals surface area contributed by atoms with Gasteiger partial charge in [0.15, 0.2) is 11.5 Å². The van der Waals surface area contributed by atoms with Crippen LogP contribution in [-0.4, -0.2) is 55.1 Å². The Morgan fingerprint density at radius 2 is 1.84 bits per heavy atom. The van der Waals surface area contributed by atoms with Crippen LogP contribution in [0, 0.1) is 21.4 Å². The number of nitriles is 1. The quantitative estimate of drug-likeness (QED) is 0.168. The van der Waals surface area contributed by atoms with E-state index in [-0.39, 0.29) is 34.2 Å². The van der Waals surface area contributed by atoms with Gasteiger partial charge in [-0.25, -0.2) is 4.79 Å². The zero-order chi connectivity index (χ0) is 23.1. The molecule has 0 unspecified atom stereocenters. The Bertz CT molecular complexity index is 1100. The van der Waals surface area contributed by atoms with E-state index in [0.717, 1.165) is 0 Å². The monoisotopic (exact) mass is 437 g/mol. The summed E-state index contributed by atoms with van der Waals surface area (Å²) < 4.78 is 15.8. The number of carbonyl (C=O) groups is 2. The molecule has 0 atom stereocenters. The van der Waals surface area contributed by atoms with E-state index in [1.165, 1.54) is 49.6 Å². The summed E-state index contributed by atoms with van der Waals surface area (Å²) in [5.74, 6) is -0.777. The van der Waals surface area contributed by atoms with Gasteiger partial charge in [0.25, 0.3) is 11.6 Å². The van der Waals surface area contributed by atoms with E-state index in [1.807, 2.05) is 6.07 Å². The normalized spacial score (nSPS) is 13.8. The number of esters is 1. The van der Waals surface area contributed by atoms with Gasteiger partial charge in [0.05, 0.1) is 30.8 Å². The molecule has 1 fully saturated rings. The van der Waals surface area contributed by atoms with Crippen molar-refractivity contribution in [1.82, 2.24) is 4.90 Å². The van der Waals surface area contributed by atoms with E-state index in [1.54, 1.807) is 11.0 Å². The minimum Gasteiger partial charge on any atom is -0.493 e. The van der Waals surface area contributed by atoms with Gasteiger partial charge < -0.3 is 19.1 Å². The number of methoxy groups -OCH3 is 1. The van der Waals surface area contributed by atoms with Crippen molar-refractivity contribution in [2.24, 2.45) is 0 Å². The predicted octanol–water partition coefficient (Wildman–Crippen LogP) is 2.59. The van der Waals surface area contributed by atoms with Gasteiger partial charge >= 0.3 is 5.97 Å². The molecule has 10 heteroatoms. The third kappa shape index (κ3) is 5.27. The Labute approximate surface area is 183 Å². The van der Waals surface area contributed by atoms with Crippen LogP contribution in [-0.2, 0) is 9.53 Å². The summed E-state index contributed by atoms with van der Waals surface area (Å²) >= 11 is 0. The molecule has 0 radical (unpaired) electrons. The molecule has 0 spiro atoms. The number of benzene rings is 2.